The predicted molar refractivity (Wildman–Crippen MR) is 69.5 cm³/mol. The van der Waals surface area contributed by atoms with E-state index in [1.54, 1.807) is 18.4 Å². The van der Waals surface area contributed by atoms with Gasteiger partial charge in [-0.25, -0.2) is 4.98 Å². The summed E-state index contributed by atoms with van der Waals surface area (Å²) in [5.41, 5.74) is 3.99. The number of ether oxygens (including phenoxy) is 1. The van der Waals surface area contributed by atoms with Crippen molar-refractivity contribution in [2.75, 3.05) is 7.11 Å². The fraction of sp³-hybridized carbons (Fsp3) is 0.308. The molecule has 0 radical (unpaired) electrons. The molecule has 17 heavy (non-hydrogen) atoms. The van der Waals surface area contributed by atoms with E-state index in [-0.39, 0.29) is 6.61 Å². The first-order chi connectivity index (χ1) is 8.15. The summed E-state index contributed by atoms with van der Waals surface area (Å²) < 4.78 is 5.34. The Kier molecular flexibility index (Phi) is 3.45. The quantitative estimate of drug-likeness (QED) is 0.909. The van der Waals surface area contributed by atoms with Crippen molar-refractivity contribution in [1.82, 2.24) is 4.98 Å². The number of hydrogen-bond donors (Lipinski definition) is 1. The van der Waals surface area contributed by atoms with Crippen LogP contribution in [-0.4, -0.2) is 17.2 Å². The fourth-order valence-corrected chi connectivity index (χ4v) is 2.71. The van der Waals surface area contributed by atoms with Crippen LogP contribution in [0.25, 0.3) is 10.6 Å². The van der Waals surface area contributed by atoms with E-state index in [1.165, 1.54) is 0 Å². The first kappa shape index (κ1) is 12.1. The summed E-state index contributed by atoms with van der Waals surface area (Å²) in [6, 6.07) is 4.12. The molecule has 0 bridgehead atoms. The highest BCUT2D eigenvalue weighted by Crippen LogP contribution is 2.31. The van der Waals surface area contributed by atoms with Crippen molar-refractivity contribution in [2.24, 2.45) is 0 Å². The summed E-state index contributed by atoms with van der Waals surface area (Å²) >= 11 is 1.55. The Morgan fingerprint density at radius 3 is 2.41 bits per heavy atom. The van der Waals surface area contributed by atoms with Gasteiger partial charge < -0.3 is 9.84 Å². The maximum atomic E-state index is 9.01. The molecule has 1 aromatic heterocycles. The molecular weight excluding hydrogens is 234 g/mol. The number of hydrogen-bond acceptors (Lipinski definition) is 4. The van der Waals surface area contributed by atoms with Crippen LogP contribution in [0, 0.1) is 13.8 Å². The molecule has 0 atom stereocenters. The van der Waals surface area contributed by atoms with Crippen molar-refractivity contribution in [3.05, 3.63) is 34.3 Å². The molecule has 0 spiro atoms. The summed E-state index contributed by atoms with van der Waals surface area (Å²) in [6.45, 7) is 4.04. The molecule has 4 heteroatoms. The van der Waals surface area contributed by atoms with Crippen LogP contribution in [0.4, 0.5) is 0 Å². The topological polar surface area (TPSA) is 42.4 Å². The number of aryl methyl sites for hydroxylation is 2. The van der Waals surface area contributed by atoms with E-state index in [4.69, 9.17) is 9.84 Å². The normalized spacial score (nSPS) is 10.6. The van der Waals surface area contributed by atoms with Gasteiger partial charge in [-0.3, -0.25) is 0 Å². The number of thiazole rings is 1. The van der Waals surface area contributed by atoms with E-state index in [1.807, 2.05) is 19.2 Å². The third kappa shape index (κ3) is 2.33. The second-order valence-electron chi connectivity index (χ2n) is 3.95. The Labute approximate surface area is 105 Å². The first-order valence-corrected chi connectivity index (χ1v) is 6.24. The molecule has 0 amide bonds. The van der Waals surface area contributed by atoms with Crippen LogP contribution in [0.3, 0.4) is 0 Å². The van der Waals surface area contributed by atoms with Gasteiger partial charge in [-0.2, -0.15) is 0 Å². The first-order valence-electron chi connectivity index (χ1n) is 5.36. The van der Waals surface area contributed by atoms with Crippen molar-refractivity contribution in [3.8, 4) is 16.3 Å². The Morgan fingerprint density at radius 1 is 1.29 bits per heavy atom. The number of benzene rings is 1. The summed E-state index contributed by atoms with van der Waals surface area (Å²) in [5.74, 6) is 0.924. The SMILES string of the molecule is COc1c(C)cc(-c2nc(CO)cs2)cc1C. The molecule has 1 aromatic carbocycles. The molecule has 0 aliphatic carbocycles. The highest BCUT2D eigenvalue weighted by atomic mass is 32.1. The van der Waals surface area contributed by atoms with Crippen molar-refractivity contribution in [3.63, 3.8) is 0 Å². The van der Waals surface area contributed by atoms with Crippen LogP contribution in [-0.2, 0) is 6.61 Å². The fourth-order valence-electron chi connectivity index (χ4n) is 1.91. The van der Waals surface area contributed by atoms with Crippen LogP contribution < -0.4 is 4.74 Å². The average Bonchev–Trinajstić information content (AvgIpc) is 2.77. The van der Waals surface area contributed by atoms with E-state index < -0.39 is 0 Å². The molecule has 0 saturated carbocycles. The summed E-state index contributed by atoms with van der Waals surface area (Å²) in [6.07, 6.45) is 0. The monoisotopic (exact) mass is 249 g/mol. The van der Waals surface area contributed by atoms with E-state index in [0.29, 0.717) is 0 Å². The number of methoxy groups -OCH3 is 1. The average molecular weight is 249 g/mol. The predicted octanol–water partition coefficient (Wildman–Crippen LogP) is 2.93. The molecule has 2 aromatic rings. The number of aromatic nitrogens is 1. The third-order valence-electron chi connectivity index (χ3n) is 2.63. The maximum Gasteiger partial charge on any atom is 0.124 e. The highest BCUT2D eigenvalue weighted by molar-refractivity contribution is 7.13. The number of rotatable bonds is 3. The molecule has 1 N–H and O–H groups in total. The smallest absolute Gasteiger partial charge is 0.124 e. The van der Waals surface area contributed by atoms with E-state index in [9.17, 15) is 0 Å². The second-order valence-corrected chi connectivity index (χ2v) is 4.80. The Hall–Kier alpha value is -1.39. The number of nitrogens with zero attached hydrogens (tertiary/aromatic N) is 1. The van der Waals surface area contributed by atoms with Crippen molar-refractivity contribution >= 4 is 11.3 Å². The molecule has 0 saturated heterocycles. The lowest BCUT2D eigenvalue weighted by Gasteiger charge is -2.09. The zero-order valence-corrected chi connectivity index (χ0v) is 11.0. The summed E-state index contributed by atoms with van der Waals surface area (Å²) in [5, 5.41) is 11.8. The van der Waals surface area contributed by atoms with Crippen LogP contribution in [0.5, 0.6) is 5.75 Å². The van der Waals surface area contributed by atoms with E-state index in [2.05, 4.69) is 17.1 Å². The Balaban J connectivity index is 2.46. The standard InChI is InChI=1S/C13H15NO2S/c1-8-4-10(5-9(2)12(8)16-3)13-14-11(6-15)7-17-13/h4-5,7,15H,6H2,1-3H3. The van der Waals surface area contributed by atoms with Gasteiger partial charge in [0.05, 0.1) is 19.4 Å². The lowest BCUT2D eigenvalue weighted by molar-refractivity contribution is 0.278. The van der Waals surface area contributed by atoms with Gasteiger partial charge in [0.25, 0.3) is 0 Å². The van der Waals surface area contributed by atoms with Crippen LogP contribution in [0.1, 0.15) is 16.8 Å². The van der Waals surface area contributed by atoms with Crippen molar-refractivity contribution in [1.29, 1.82) is 0 Å². The minimum absolute atomic E-state index is 0.00931. The molecule has 1 heterocycles. The van der Waals surface area contributed by atoms with Gasteiger partial charge in [-0.05, 0) is 37.1 Å². The molecular formula is C13H15NO2S. The zero-order chi connectivity index (χ0) is 12.4. The highest BCUT2D eigenvalue weighted by Gasteiger charge is 2.09. The van der Waals surface area contributed by atoms with E-state index in [0.717, 1.165) is 33.1 Å². The van der Waals surface area contributed by atoms with Gasteiger partial charge >= 0.3 is 0 Å². The molecule has 90 valence electrons. The number of aliphatic hydroxyl groups is 1. The second kappa shape index (κ2) is 4.85. The lowest BCUT2D eigenvalue weighted by atomic mass is 10.1. The summed E-state index contributed by atoms with van der Waals surface area (Å²) in [4.78, 5) is 4.36. The van der Waals surface area contributed by atoms with Crippen molar-refractivity contribution in [2.45, 2.75) is 20.5 Å². The van der Waals surface area contributed by atoms with Gasteiger partial charge in [-0.15, -0.1) is 11.3 Å². The molecule has 3 nitrogen and oxygen atoms in total. The van der Waals surface area contributed by atoms with Crippen LogP contribution in [0.2, 0.25) is 0 Å². The van der Waals surface area contributed by atoms with Gasteiger partial charge in [-0.1, -0.05) is 0 Å². The molecule has 0 aliphatic heterocycles. The molecule has 0 aliphatic rings. The van der Waals surface area contributed by atoms with Gasteiger partial charge in [0, 0.05) is 10.9 Å². The zero-order valence-electron chi connectivity index (χ0n) is 10.2. The maximum absolute atomic E-state index is 9.01. The minimum atomic E-state index is -0.00931. The largest absolute Gasteiger partial charge is 0.496 e. The van der Waals surface area contributed by atoms with Crippen molar-refractivity contribution < 1.29 is 9.84 Å². The molecule has 0 unspecified atom stereocenters. The van der Waals surface area contributed by atoms with Gasteiger partial charge in [0.1, 0.15) is 10.8 Å². The van der Waals surface area contributed by atoms with E-state index >= 15 is 0 Å². The third-order valence-corrected chi connectivity index (χ3v) is 3.57. The summed E-state index contributed by atoms with van der Waals surface area (Å²) in [7, 11) is 1.68. The molecule has 0 fully saturated rings. The lowest BCUT2D eigenvalue weighted by Crippen LogP contribution is -1.92. The molecule has 2 rings (SSSR count). The van der Waals surface area contributed by atoms with Gasteiger partial charge in [0.15, 0.2) is 0 Å². The van der Waals surface area contributed by atoms with Crippen LogP contribution >= 0.6 is 11.3 Å². The Morgan fingerprint density at radius 2 is 1.94 bits per heavy atom. The Bertz CT molecular complexity index is 511. The minimum Gasteiger partial charge on any atom is -0.496 e. The van der Waals surface area contributed by atoms with Crippen LogP contribution in [0.15, 0.2) is 17.5 Å². The van der Waals surface area contributed by atoms with Gasteiger partial charge in [0.2, 0.25) is 0 Å². The number of aliphatic hydroxyl groups excluding tert-OH is 1.